The summed E-state index contributed by atoms with van der Waals surface area (Å²) >= 11 is 11.9. The molecule has 0 saturated heterocycles. The molecule has 2 aromatic heterocycles. The molecule has 0 fully saturated rings. The number of carbonyl (C=O) groups excluding carboxylic acids is 1. The molecule has 3 aromatic rings. The normalized spacial score (nSPS) is 10.9. The van der Waals surface area contributed by atoms with Crippen LogP contribution in [0, 0.1) is 6.92 Å². The van der Waals surface area contributed by atoms with E-state index in [9.17, 15) is 4.79 Å². The fourth-order valence-electron chi connectivity index (χ4n) is 2.32. The summed E-state index contributed by atoms with van der Waals surface area (Å²) in [5.41, 5.74) is 3.12. The molecular weight excluding hydrogens is 293 g/mol. The number of rotatable bonds is 2. The van der Waals surface area contributed by atoms with Gasteiger partial charge in [0.05, 0.1) is 15.7 Å². The monoisotopic (exact) mass is 303 g/mol. The summed E-state index contributed by atoms with van der Waals surface area (Å²) in [5.74, 6) is -0.0627. The number of fused-ring (bicyclic) bond motifs is 1. The second kappa shape index (κ2) is 4.97. The van der Waals surface area contributed by atoms with Gasteiger partial charge < -0.3 is 4.40 Å². The number of aromatic nitrogens is 1. The molecule has 1 aromatic carbocycles. The van der Waals surface area contributed by atoms with Gasteiger partial charge in [0.25, 0.3) is 0 Å². The van der Waals surface area contributed by atoms with Crippen LogP contribution in [-0.4, -0.2) is 10.2 Å². The standard InChI is InChI=1S/C16H11Cl2NO/c1-10-8-12-4-2-3-7-19(12)15(10)16(20)11-5-6-13(17)14(18)9-11/h2-9H,1H3. The molecule has 0 radical (unpaired) electrons. The molecule has 20 heavy (non-hydrogen) atoms. The second-order valence-electron chi connectivity index (χ2n) is 4.63. The first-order valence-electron chi connectivity index (χ1n) is 6.14. The van der Waals surface area contributed by atoms with Gasteiger partial charge in [-0.15, -0.1) is 0 Å². The third kappa shape index (κ3) is 2.11. The minimum atomic E-state index is -0.0627. The quantitative estimate of drug-likeness (QED) is 0.624. The number of halogens is 2. The topological polar surface area (TPSA) is 21.5 Å². The first kappa shape index (κ1) is 13.2. The van der Waals surface area contributed by atoms with Gasteiger partial charge in [0.1, 0.15) is 0 Å². The lowest BCUT2D eigenvalue weighted by atomic mass is 10.1. The molecule has 2 heterocycles. The van der Waals surface area contributed by atoms with Gasteiger partial charge in [-0.3, -0.25) is 4.79 Å². The molecule has 0 aliphatic carbocycles. The third-order valence-corrected chi connectivity index (χ3v) is 4.01. The van der Waals surface area contributed by atoms with Crippen molar-refractivity contribution in [3.8, 4) is 0 Å². The lowest BCUT2D eigenvalue weighted by Crippen LogP contribution is -2.06. The second-order valence-corrected chi connectivity index (χ2v) is 5.44. The molecule has 0 aliphatic heterocycles. The Bertz CT molecular complexity index is 820. The Balaban J connectivity index is 2.17. The Hall–Kier alpha value is -1.77. The molecule has 3 rings (SSSR count). The van der Waals surface area contributed by atoms with Gasteiger partial charge in [-0.25, -0.2) is 0 Å². The summed E-state index contributed by atoms with van der Waals surface area (Å²) in [6, 6.07) is 12.7. The van der Waals surface area contributed by atoms with E-state index in [0.717, 1.165) is 11.1 Å². The van der Waals surface area contributed by atoms with Crippen LogP contribution >= 0.6 is 23.2 Å². The van der Waals surface area contributed by atoms with Gasteiger partial charge in [-0.2, -0.15) is 0 Å². The number of hydrogen-bond acceptors (Lipinski definition) is 1. The molecular formula is C16H11Cl2NO. The molecule has 0 bridgehead atoms. The highest BCUT2D eigenvalue weighted by Crippen LogP contribution is 2.25. The fourth-order valence-corrected chi connectivity index (χ4v) is 2.62. The van der Waals surface area contributed by atoms with Crippen molar-refractivity contribution in [1.29, 1.82) is 0 Å². The van der Waals surface area contributed by atoms with Crippen molar-refractivity contribution in [3.63, 3.8) is 0 Å². The number of nitrogens with zero attached hydrogens (tertiary/aromatic N) is 1. The summed E-state index contributed by atoms with van der Waals surface area (Å²) < 4.78 is 1.89. The van der Waals surface area contributed by atoms with Crippen molar-refractivity contribution in [1.82, 2.24) is 4.40 Å². The zero-order chi connectivity index (χ0) is 14.3. The zero-order valence-electron chi connectivity index (χ0n) is 10.7. The smallest absolute Gasteiger partial charge is 0.210 e. The van der Waals surface area contributed by atoms with Crippen molar-refractivity contribution in [2.45, 2.75) is 6.92 Å². The van der Waals surface area contributed by atoms with E-state index in [1.807, 2.05) is 41.8 Å². The van der Waals surface area contributed by atoms with Crippen LogP contribution in [0.25, 0.3) is 5.52 Å². The molecule has 0 N–H and O–H groups in total. The Morgan fingerprint density at radius 2 is 1.85 bits per heavy atom. The van der Waals surface area contributed by atoms with Crippen LogP contribution in [0.5, 0.6) is 0 Å². The minimum absolute atomic E-state index is 0.0627. The average molecular weight is 304 g/mol. The lowest BCUT2D eigenvalue weighted by molar-refractivity contribution is 0.103. The number of ketones is 1. The first-order valence-corrected chi connectivity index (χ1v) is 6.90. The largest absolute Gasteiger partial charge is 0.313 e. The Kier molecular flexibility index (Phi) is 3.28. The number of pyridine rings is 1. The van der Waals surface area contributed by atoms with Crippen molar-refractivity contribution in [2.75, 3.05) is 0 Å². The van der Waals surface area contributed by atoms with Crippen LogP contribution in [0.2, 0.25) is 10.0 Å². The highest BCUT2D eigenvalue weighted by molar-refractivity contribution is 6.42. The van der Waals surface area contributed by atoms with Gasteiger partial charge in [-0.05, 0) is 48.9 Å². The maximum Gasteiger partial charge on any atom is 0.210 e. The molecule has 0 amide bonds. The molecule has 4 heteroatoms. The van der Waals surface area contributed by atoms with E-state index in [1.165, 1.54) is 0 Å². The van der Waals surface area contributed by atoms with Gasteiger partial charge in [0, 0.05) is 17.3 Å². The number of aryl methyl sites for hydroxylation is 1. The van der Waals surface area contributed by atoms with E-state index < -0.39 is 0 Å². The van der Waals surface area contributed by atoms with Crippen LogP contribution in [0.1, 0.15) is 21.6 Å². The van der Waals surface area contributed by atoms with Crippen LogP contribution in [0.4, 0.5) is 0 Å². The SMILES string of the molecule is Cc1cc2ccccn2c1C(=O)c1ccc(Cl)c(Cl)c1. The van der Waals surface area contributed by atoms with Gasteiger partial charge in [0.2, 0.25) is 5.78 Å². The molecule has 2 nitrogen and oxygen atoms in total. The van der Waals surface area contributed by atoms with Gasteiger partial charge >= 0.3 is 0 Å². The van der Waals surface area contributed by atoms with Gasteiger partial charge in [0.15, 0.2) is 0 Å². The minimum Gasteiger partial charge on any atom is -0.313 e. The van der Waals surface area contributed by atoms with Crippen molar-refractivity contribution in [3.05, 3.63) is 75.5 Å². The zero-order valence-corrected chi connectivity index (χ0v) is 12.2. The molecule has 0 aliphatic rings. The van der Waals surface area contributed by atoms with Crippen LogP contribution in [-0.2, 0) is 0 Å². The third-order valence-electron chi connectivity index (χ3n) is 3.27. The van der Waals surface area contributed by atoms with E-state index in [2.05, 4.69) is 0 Å². The number of hydrogen-bond donors (Lipinski definition) is 0. The predicted octanol–water partition coefficient (Wildman–Crippen LogP) is 4.79. The molecule has 100 valence electrons. The molecule has 0 spiro atoms. The van der Waals surface area contributed by atoms with Crippen molar-refractivity contribution >= 4 is 34.5 Å². The lowest BCUT2D eigenvalue weighted by Gasteiger charge is -2.05. The van der Waals surface area contributed by atoms with Crippen LogP contribution in [0.3, 0.4) is 0 Å². The Morgan fingerprint density at radius 3 is 2.60 bits per heavy atom. The maximum absolute atomic E-state index is 12.7. The van der Waals surface area contributed by atoms with E-state index in [1.54, 1.807) is 18.2 Å². The summed E-state index contributed by atoms with van der Waals surface area (Å²) in [7, 11) is 0. The first-order chi connectivity index (χ1) is 9.58. The summed E-state index contributed by atoms with van der Waals surface area (Å²) in [6.07, 6.45) is 1.88. The van der Waals surface area contributed by atoms with E-state index in [4.69, 9.17) is 23.2 Å². The summed E-state index contributed by atoms with van der Waals surface area (Å²) in [4.78, 5) is 12.7. The van der Waals surface area contributed by atoms with Gasteiger partial charge in [-0.1, -0.05) is 29.3 Å². The van der Waals surface area contributed by atoms with E-state index in [0.29, 0.717) is 21.3 Å². The molecule has 0 saturated carbocycles. The van der Waals surface area contributed by atoms with Crippen molar-refractivity contribution < 1.29 is 4.79 Å². The molecule has 0 unspecified atom stereocenters. The Labute approximate surface area is 126 Å². The number of benzene rings is 1. The maximum atomic E-state index is 12.7. The highest BCUT2D eigenvalue weighted by atomic mass is 35.5. The summed E-state index contributed by atoms with van der Waals surface area (Å²) in [5, 5.41) is 0.830. The highest BCUT2D eigenvalue weighted by Gasteiger charge is 2.17. The Morgan fingerprint density at radius 1 is 1.05 bits per heavy atom. The fraction of sp³-hybridized carbons (Fsp3) is 0.0625. The number of carbonyl (C=O) groups is 1. The average Bonchev–Trinajstić information content (AvgIpc) is 2.77. The van der Waals surface area contributed by atoms with Crippen LogP contribution < -0.4 is 0 Å². The predicted molar refractivity (Wildman–Crippen MR) is 82.0 cm³/mol. The van der Waals surface area contributed by atoms with Crippen molar-refractivity contribution in [2.24, 2.45) is 0 Å². The van der Waals surface area contributed by atoms with E-state index in [-0.39, 0.29) is 5.78 Å². The molecule has 0 atom stereocenters. The van der Waals surface area contributed by atoms with Crippen LogP contribution in [0.15, 0.2) is 48.7 Å². The van der Waals surface area contributed by atoms with E-state index >= 15 is 0 Å². The summed E-state index contributed by atoms with van der Waals surface area (Å²) in [6.45, 7) is 1.93.